The van der Waals surface area contributed by atoms with Gasteiger partial charge >= 0.3 is 5.97 Å². The van der Waals surface area contributed by atoms with Crippen LogP contribution in [0.2, 0.25) is 0 Å². The van der Waals surface area contributed by atoms with Crippen molar-refractivity contribution in [3.8, 4) is 11.3 Å². The molecule has 4 rings (SSSR count). The van der Waals surface area contributed by atoms with Crippen molar-refractivity contribution in [2.75, 3.05) is 25.5 Å². The van der Waals surface area contributed by atoms with E-state index in [0.717, 1.165) is 29.8 Å². The lowest BCUT2D eigenvalue weighted by Gasteiger charge is -2.25. The Morgan fingerprint density at radius 2 is 2.20 bits per heavy atom. The predicted molar refractivity (Wildman–Crippen MR) is 111 cm³/mol. The number of amides is 1. The quantitative estimate of drug-likeness (QED) is 0.752. The molecule has 1 amide bonds. The first-order valence-electron chi connectivity index (χ1n) is 10.3. The summed E-state index contributed by atoms with van der Waals surface area (Å²) < 4.78 is 5.39. The summed E-state index contributed by atoms with van der Waals surface area (Å²) in [7, 11) is 3.78. The average Bonchev–Trinajstić information content (AvgIpc) is 3.40. The van der Waals surface area contributed by atoms with Gasteiger partial charge in [0, 0.05) is 45.2 Å². The second-order valence-electron chi connectivity index (χ2n) is 8.86. The van der Waals surface area contributed by atoms with Gasteiger partial charge < -0.3 is 14.5 Å². The molecule has 4 heterocycles. The topological polar surface area (TPSA) is 104 Å². The summed E-state index contributed by atoms with van der Waals surface area (Å²) in [6, 6.07) is 1.73. The van der Waals surface area contributed by atoms with Gasteiger partial charge in [-0.1, -0.05) is 0 Å². The number of nitrogens with one attached hydrogen (secondary N) is 1. The van der Waals surface area contributed by atoms with Crippen LogP contribution in [0.3, 0.4) is 0 Å². The molecule has 2 saturated heterocycles. The van der Waals surface area contributed by atoms with Crippen molar-refractivity contribution in [2.24, 2.45) is 5.92 Å². The standard InChI is InChI=1S/C21H28N6O3/c1-21(2)11-13(19(29)30-21)10-17(28)27-9-5-6-16(27)18-14(12-23-25-18)15-7-8-22-20(24-15)26(3)4/h7-8,12-13,16H,5-6,9-11H2,1-4H3,(H,23,25)/t13-,16-/m0/s1. The highest BCUT2D eigenvalue weighted by Crippen LogP contribution is 2.38. The number of carbonyl (C=O) groups is 2. The molecule has 0 bridgehead atoms. The monoisotopic (exact) mass is 412 g/mol. The molecule has 0 spiro atoms. The van der Waals surface area contributed by atoms with Crippen LogP contribution in [0.15, 0.2) is 18.5 Å². The van der Waals surface area contributed by atoms with Gasteiger partial charge in [0.1, 0.15) is 5.60 Å². The first-order chi connectivity index (χ1) is 14.2. The number of anilines is 1. The van der Waals surface area contributed by atoms with Crippen molar-refractivity contribution in [1.29, 1.82) is 0 Å². The number of aromatic nitrogens is 4. The Morgan fingerprint density at radius 3 is 2.90 bits per heavy atom. The lowest BCUT2D eigenvalue weighted by Crippen LogP contribution is -2.33. The Bertz CT molecular complexity index is 954. The summed E-state index contributed by atoms with van der Waals surface area (Å²) >= 11 is 0. The van der Waals surface area contributed by atoms with E-state index in [0.29, 0.717) is 18.9 Å². The van der Waals surface area contributed by atoms with E-state index in [1.807, 2.05) is 43.8 Å². The molecule has 0 aromatic carbocycles. The van der Waals surface area contributed by atoms with Gasteiger partial charge in [-0.25, -0.2) is 9.97 Å². The summed E-state index contributed by atoms with van der Waals surface area (Å²) in [5.41, 5.74) is 2.00. The smallest absolute Gasteiger partial charge is 0.310 e. The van der Waals surface area contributed by atoms with Crippen molar-refractivity contribution in [1.82, 2.24) is 25.1 Å². The van der Waals surface area contributed by atoms with Crippen LogP contribution in [0, 0.1) is 5.92 Å². The number of cyclic esters (lactones) is 1. The third kappa shape index (κ3) is 3.88. The van der Waals surface area contributed by atoms with Crippen molar-refractivity contribution in [2.45, 2.75) is 51.2 Å². The van der Waals surface area contributed by atoms with E-state index in [2.05, 4.69) is 20.2 Å². The van der Waals surface area contributed by atoms with Crippen molar-refractivity contribution >= 4 is 17.8 Å². The molecule has 2 aromatic rings. The highest BCUT2D eigenvalue weighted by Gasteiger charge is 2.43. The molecule has 9 heteroatoms. The Balaban J connectivity index is 1.55. The lowest BCUT2D eigenvalue weighted by molar-refractivity contribution is -0.150. The van der Waals surface area contributed by atoms with Crippen LogP contribution >= 0.6 is 0 Å². The van der Waals surface area contributed by atoms with E-state index in [9.17, 15) is 9.59 Å². The maximum Gasteiger partial charge on any atom is 0.310 e. The molecule has 0 unspecified atom stereocenters. The number of hydrogen-bond donors (Lipinski definition) is 1. The van der Waals surface area contributed by atoms with E-state index in [-0.39, 0.29) is 30.3 Å². The minimum absolute atomic E-state index is 0.0191. The van der Waals surface area contributed by atoms with Gasteiger partial charge in [-0.05, 0) is 32.8 Å². The van der Waals surface area contributed by atoms with E-state index >= 15 is 0 Å². The van der Waals surface area contributed by atoms with Gasteiger partial charge in [-0.15, -0.1) is 0 Å². The van der Waals surface area contributed by atoms with Gasteiger partial charge in [0.2, 0.25) is 11.9 Å². The van der Waals surface area contributed by atoms with Crippen LogP contribution < -0.4 is 4.90 Å². The van der Waals surface area contributed by atoms with Gasteiger partial charge in [-0.2, -0.15) is 5.10 Å². The first kappa shape index (κ1) is 20.3. The number of ether oxygens (including phenoxy) is 1. The van der Waals surface area contributed by atoms with Crippen molar-refractivity contribution in [3.63, 3.8) is 0 Å². The zero-order valence-corrected chi connectivity index (χ0v) is 17.9. The van der Waals surface area contributed by atoms with Crippen molar-refractivity contribution < 1.29 is 14.3 Å². The molecule has 160 valence electrons. The number of rotatable bonds is 5. The summed E-state index contributed by atoms with van der Waals surface area (Å²) in [6.45, 7) is 4.43. The fourth-order valence-corrected chi connectivity index (χ4v) is 4.39. The molecular formula is C21H28N6O3. The fourth-order valence-electron chi connectivity index (χ4n) is 4.39. The van der Waals surface area contributed by atoms with Gasteiger partial charge in [0.25, 0.3) is 0 Å². The van der Waals surface area contributed by atoms with Crippen LogP contribution in [0.5, 0.6) is 0 Å². The number of nitrogens with zero attached hydrogens (tertiary/aromatic N) is 5. The van der Waals surface area contributed by atoms with Gasteiger partial charge in [-0.3, -0.25) is 14.7 Å². The minimum atomic E-state index is -0.500. The van der Waals surface area contributed by atoms with E-state index < -0.39 is 5.60 Å². The summed E-state index contributed by atoms with van der Waals surface area (Å²) in [4.78, 5) is 37.9. The number of aromatic amines is 1. The molecule has 2 aliphatic heterocycles. The van der Waals surface area contributed by atoms with Crippen LogP contribution in [0.1, 0.15) is 51.3 Å². The molecule has 2 atom stereocenters. The van der Waals surface area contributed by atoms with Gasteiger partial charge in [0.15, 0.2) is 0 Å². The number of hydrogen-bond acceptors (Lipinski definition) is 7. The van der Waals surface area contributed by atoms with Crippen LogP contribution in [-0.2, 0) is 14.3 Å². The van der Waals surface area contributed by atoms with E-state index in [1.54, 1.807) is 12.4 Å². The van der Waals surface area contributed by atoms with E-state index in [4.69, 9.17) is 4.74 Å². The van der Waals surface area contributed by atoms with E-state index in [1.165, 1.54) is 0 Å². The molecule has 30 heavy (non-hydrogen) atoms. The highest BCUT2D eigenvalue weighted by molar-refractivity contribution is 5.85. The molecule has 2 aliphatic rings. The second kappa shape index (κ2) is 7.70. The Kier molecular flexibility index (Phi) is 5.21. The predicted octanol–water partition coefficient (Wildman–Crippen LogP) is 2.33. The second-order valence-corrected chi connectivity index (χ2v) is 8.86. The summed E-state index contributed by atoms with van der Waals surface area (Å²) in [5, 5.41) is 7.32. The molecule has 1 N–H and O–H groups in total. The number of carbonyl (C=O) groups excluding carboxylic acids is 2. The number of H-pyrrole nitrogens is 1. The first-order valence-corrected chi connectivity index (χ1v) is 10.3. The minimum Gasteiger partial charge on any atom is -0.459 e. The highest BCUT2D eigenvalue weighted by atomic mass is 16.6. The third-order valence-electron chi connectivity index (χ3n) is 5.76. The molecule has 2 aromatic heterocycles. The maximum absolute atomic E-state index is 13.1. The largest absolute Gasteiger partial charge is 0.459 e. The molecule has 2 fully saturated rings. The molecule has 0 aliphatic carbocycles. The Hall–Kier alpha value is -2.97. The summed E-state index contributed by atoms with van der Waals surface area (Å²) in [5.74, 6) is -0.0567. The molecule has 9 nitrogen and oxygen atoms in total. The zero-order chi connectivity index (χ0) is 21.5. The molecule has 0 saturated carbocycles. The molecular weight excluding hydrogens is 384 g/mol. The normalized spacial score (nSPS) is 22.9. The SMILES string of the molecule is CN(C)c1nccc(-c2cn[nH]c2[C@@H]2CCCN2C(=O)C[C@H]2CC(C)(C)OC2=O)n1. The van der Waals surface area contributed by atoms with Crippen LogP contribution in [-0.4, -0.2) is 63.2 Å². The summed E-state index contributed by atoms with van der Waals surface area (Å²) in [6.07, 6.45) is 5.96. The number of likely N-dealkylation sites (tertiary alicyclic amines) is 1. The third-order valence-corrected chi connectivity index (χ3v) is 5.76. The van der Waals surface area contributed by atoms with Crippen LogP contribution in [0.25, 0.3) is 11.3 Å². The lowest BCUT2D eigenvalue weighted by atomic mass is 9.94. The molecule has 0 radical (unpaired) electrons. The Morgan fingerprint density at radius 1 is 1.40 bits per heavy atom. The maximum atomic E-state index is 13.1. The number of esters is 1. The van der Waals surface area contributed by atoms with Gasteiger partial charge in [0.05, 0.1) is 29.5 Å². The zero-order valence-electron chi connectivity index (χ0n) is 17.9. The average molecular weight is 412 g/mol. The Labute approximate surface area is 175 Å². The van der Waals surface area contributed by atoms with Crippen LogP contribution in [0.4, 0.5) is 5.95 Å². The van der Waals surface area contributed by atoms with Crippen molar-refractivity contribution in [3.05, 3.63) is 24.2 Å². The fraction of sp³-hybridized carbons (Fsp3) is 0.571.